The van der Waals surface area contributed by atoms with Crippen molar-refractivity contribution in [2.45, 2.75) is 0 Å². The predicted molar refractivity (Wildman–Crippen MR) is 93.3 cm³/mol. The second-order valence-corrected chi connectivity index (χ2v) is 5.40. The third-order valence-corrected chi connectivity index (χ3v) is 3.48. The van der Waals surface area contributed by atoms with Crippen LogP contribution in [0.25, 0.3) is 0 Å². The van der Waals surface area contributed by atoms with Gasteiger partial charge in [0.15, 0.2) is 0 Å². The van der Waals surface area contributed by atoms with E-state index in [0.717, 1.165) is 6.07 Å². The van der Waals surface area contributed by atoms with Gasteiger partial charge in [-0.25, -0.2) is 0 Å². The molecule has 0 fully saturated rings. The molecule has 0 aliphatic rings. The van der Waals surface area contributed by atoms with E-state index in [4.69, 9.17) is 21.1 Å². The number of para-hydroxylation sites is 1. The number of hydrogen-bond acceptors (Lipinski definition) is 6. The molecule has 0 saturated carbocycles. The Hall–Kier alpha value is -3.13. The molecule has 2 aromatic carbocycles. The molecule has 8 nitrogen and oxygen atoms in total. The van der Waals surface area contributed by atoms with Gasteiger partial charge in [0.25, 0.3) is 11.6 Å². The monoisotopic (exact) mass is 378 g/mol. The average Bonchev–Trinajstić information content (AvgIpc) is 2.64. The van der Waals surface area contributed by atoms with Gasteiger partial charge in [0.2, 0.25) is 0 Å². The van der Waals surface area contributed by atoms with E-state index in [1.165, 1.54) is 12.1 Å². The number of nitrogens with one attached hydrogen (secondary N) is 1. The van der Waals surface area contributed by atoms with E-state index in [1.807, 2.05) is 18.2 Å². The fraction of sp³-hybridized carbons (Fsp3) is 0.176. The molecule has 0 aromatic heterocycles. The summed E-state index contributed by atoms with van der Waals surface area (Å²) in [4.78, 5) is 33.7. The summed E-state index contributed by atoms with van der Waals surface area (Å²) in [7, 11) is 0. The molecular formula is C17H15ClN2O6. The van der Waals surface area contributed by atoms with Crippen molar-refractivity contribution in [1.82, 2.24) is 5.32 Å². The summed E-state index contributed by atoms with van der Waals surface area (Å²) in [5.74, 6) is -0.651. The molecule has 0 radical (unpaired) electrons. The maximum absolute atomic E-state index is 11.9. The zero-order valence-electron chi connectivity index (χ0n) is 13.5. The van der Waals surface area contributed by atoms with Gasteiger partial charge in [-0.3, -0.25) is 19.7 Å². The van der Waals surface area contributed by atoms with Crippen LogP contribution in [0.4, 0.5) is 5.69 Å². The summed E-state index contributed by atoms with van der Waals surface area (Å²) >= 11 is 5.68. The van der Waals surface area contributed by atoms with Crippen LogP contribution in [-0.4, -0.2) is 36.6 Å². The molecule has 0 unspecified atom stereocenters. The maximum Gasteiger partial charge on any atom is 0.325 e. The first-order chi connectivity index (χ1) is 12.5. The average molecular weight is 379 g/mol. The topological polar surface area (TPSA) is 108 Å². The number of nitro benzene ring substituents is 1. The van der Waals surface area contributed by atoms with E-state index in [-0.39, 0.29) is 36.0 Å². The van der Waals surface area contributed by atoms with Gasteiger partial charge in [-0.2, -0.15) is 0 Å². The molecule has 2 rings (SSSR count). The second-order valence-electron chi connectivity index (χ2n) is 4.99. The van der Waals surface area contributed by atoms with Crippen molar-refractivity contribution in [3.63, 3.8) is 0 Å². The lowest BCUT2D eigenvalue weighted by Crippen LogP contribution is -2.31. The van der Waals surface area contributed by atoms with Crippen LogP contribution in [0, 0.1) is 10.1 Å². The molecular weight excluding hydrogens is 364 g/mol. The summed E-state index contributed by atoms with van der Waals surface area (Å²) in [5.41, 5.74) is -0.374. The number of halogens is 1. The first kappa shape index (κ1) is 19.2. The van der Waals surface area contributed by atoms with Gasteiger partial charge < -0.3 is 14.8 Å². The van der Waals surface area contributed by atoms with E-state index in [2.05, 4.69) is 5.32 Å². The zero-order valence-corrected chi connectivity index (χ0v) is 14.3. The SMILES string of the molecule is O=C(CNC(=O)c1ccc(Cl)c([N+](=O)[O-])c1)OCCOc1ccccc1. The number of benzene rings is 2. The Morgan fingerprint density at radius 3 is 2.54 bits per heavy atom. The van der Waals surface area contributed by atoms with Crippen molar-refractivity contribution in [2.75, 3.05) is 19.8 Å². The first-order valence-electron chi connectivity index (χ1n) is 7.53. The van der Waals surface area contributed by atoms with Crippen LogP contribution in [0.5, 0.6) is 5.75 Å². The molecule has 0 aliphatic heterocycles. The molecule has 26 heavy (non-hydrogen) atoms. The van der Waals surface area contributed by atoms with E-state index in [9.17, 15) is 19.7 Å². The Kier molecular flexibility index (Phi) is 6.92. The normalized spacial score (nSPS) is 10.0. The Balaban J connectivity index is 1.74. The molecule has 0 saturated heterocycles. The molecule has 2 aromatic rings. The molecule has 1 N–H and O–H groups in total. The van der Waals surface area contributed by atoms with E-state index >= 15 is 0 Å². The lowest BCUT2D eigenvalue weighted by molar-refractivity contribution is -0.384. The molecule has 1 amide bonds. The fourth-order valence-electron chi connectivity index (χ4n) is 1.93. The van der Waals surface area contributed by atoms with Crippen molar-refractivity contribution in [1.29, 1.82) is 0 Å². The number of nitrogens with zero attached hydrogens (tertiary/aromatic N) is 1. The number of carbonyl (C=O) groups excluding carboxylic acids is 2. The minimum absolute atomic E-state index is 0.0151. The molecule has 0 spiro atoms. The summed E-state index contributed by atoms with van der Waals surface area (Å²) in [6.45, 7) is -0.177. The zero-order chi connectivity index (χ0) is 18.9. The number of nitro groups is 1. The minimum Gasteiger partial charge on any atom is -0.490 e. The van der Waals surface area contributed by atoms with Crippen molar-refractivity contribution >= 4 is 29.2 Å². The predicted octanol–water partition coefficient (Wildman–Crippen LogP) is 2.60. The number of rotatable bonds is 8. The number of esters is 1. The van der Waals surface area contributed by atoms with E-state index < -0.39 is 16.8 Å². The third-order valence-electron chi connectivity index (χ3n) is 3.16. The minimum atomic E-state index is -0.694. The van der Waals surface area contributed by atoms with Gasteiger partial charge in [-0.05, 0) is 24.3 Å². The maximum atomic E-state index is 11.9. The standard InChI is InChI=1S/C17H15ClN2O6/c18-14-7-6-12(10-15(14)20(23)24)17(22)19-11-16(21)26-9-8-25-13-4-2-1-3-5-13/h1-7,10H,8-9,11H2,(H,19,22). The van der Waals surface area contributed by atoms with Gasteiger partial charge in [-0.15, -0.1) is 0 Å². The highest BCUT2D eigenvalue weighted by molar-refractivity contribution is 6.32. The lowest BCUT2D eigenvalue weighted by atomic mass is 10.2. The van der Waals surface area contributed by atoms with Gasteiger partial charge in [-0.1, -0.05) is 29.8 Å². The van der Waals surface area contributed by atoms with Gasteiger partial charge in [0, 0.05) is 11.6 Å². The molecule has 0 atom stereocenters. The number of hydrogen-bond donors (Lipinski definition) is 1. The smallest absolute Gasteiger partial charge is 0.325 e. The van der Waals surface area contributed by atoms with E-state index in [0.29, 0.717) is 5.75 Å². The van der Waals surface area contributed by atoms with Gasteiger partial charge in [0.1, 0.15) is 30.5 Å². The van der Waals surface area contributed by atoms with Crippen LogP contribution in [-0.2, 0) is 9.53 Å². The van der Waals surface area contributed by atoms with Crippen molar-refractivity contribution in [3.8, 4) is 5.75 Å². The highest BCUT2D eigenvalue weighted by atomic mass is 35.5. The fourth-order valence-corrected chi connectivity index (χ4v) is 2.12. The Morgan fingerprint density at radius 2 is 1.85 bits per heavy atom. The highest BCUT2D eigenvalue weighted by Gasteiger charge is 2.16. The van der Waals surface area contributed by atoms with Crippen LogP contribution >= 0.6 is 11.6 Å². The van der Waals surface area contributed by atoms with Crippen LogP contribution < -0.4 is 10.1 Å². The highest BCUT2D eigenvalue weighted by Crippen LogP contribution is 2.24. The molecule has 0 heterocycles. The number of amides is 1. The van der Waals surface area contributed by atoms with Crippen LogP contribution in [0.3, 0.4) is 0 Å². The first-order valence-corrected chi connectivity index (χ1v) is 7.91. The summed E-state index contributed by atoms with van der Waals surface area (Å²) in [6.07, 6.45) is 0. The Labute approximate surface area is 153 Å². The van der Waals surface area contributed by atoms with Crippen molar-refractivity contribution < 1.29 is 24.0 Å². The Morgan fingerprint density at radius 1 is 1.12 bits per heavy atom. The van der Waals surface area contributed by atoms with Gasteiger partial charge in [0.05, 0.1) is 4.92 Å². The lowest BCUT2D eigenvalue weighted by Gasteiger charge is -2.08. The number of ether oxygens (including phenoxy) is 2. The largest absolute Gasteiger partial charge is 0.490 e. The summed E-state index contributed by atoms with van der Waals surface area (Å²) in [5, 5.41) is 13.1. The molecule has 0 aliphatic carbocycles. The number of carbonyl (C=O) groups is 2. The summed E-state index contributed by atoms with van der Waals surface area (Å²) in [6, 6.07) is 12.6. The molecule has 136 valence electrons. The van der Waals surface area contributed by atoms with Crippen LogP contribution in [0.2, 0.25) is 5.02 Å². The van der Waals surface area contributed by atoms with Gasteiger partial charge >= 0.3 is 5.97 Å². The van der Waals surface area contributed by atoms with Crippen molar-refractivity contribution in [3.05, 3.63) is 69.2 Å². The quantitative estimate of drug-likeness (QED) is 0.327. The van der Waals surface area contributed by atoms with E-state index in [1.54, 1.807) is 12.1 Å². The van der Waals surface area contributed by atoms with Crippen LogP contribution in [0.15, 0.2) is 48.5 Å². The molecule has 9 heteroatoms. The second kappa shape index (κ2) is 9.38. The Bertz CT molecular complexity index is 797. The summed E-state index contributed by atoms with van der Waals surface area (Å²) < 4.78 is 10.3. The third kappa shape index (κ3) is 5.75. The molecule has 0 bridgehead atoms. The van der Waals surface area contributed by atoms with Crippen molar-refractivity contribution in [2.24, 2.45) is 0 Å². The van der Waals surface area contributed by atoms with Crippen LogP contribution in [0.1, 0.15) is 10.4 Å².